The number of hydrogen-bond donors (Lipinski definition) is 0. The van der Waals surface area contributed by atoms with Gasteiger partial charge in [0.2, 0.25) is 0 Å². The molecule has 98 valence electrons. The normalized spacial score (nSPS) is 22.2. The Kier molecular flexibility index (Phi) is 3.67. The van der Waals surface area contributed by atoms with Crippen LogP contribution in [0.15, 0.2) is 48.5 Å². The molecule has 0 fully saturated rings. The average Bonchev–Trinajstić information content (AvgIpc) is 2.56. The summed E-state index contributed by atoms with van der Waals surface area (Å²) in [6.45, 7) is 0. The summed E-state index contributed by atoms with van der Waals surface area (Å²) < 4.78 is 6.13. The first-order valence-electron chi connectivity index (χ1n) is 6.36. The predicted octanol–water partition coefficient (Wildman–Crippen LogP) is 5.01. The number of fused-ring (bicyclic) bond motifs is 1. The summed E-state index contributed by atoms with van der Waals surface area (Å²) >= 11 is 12.5. The van der Waals surface area contributed by atoms with Crippen LogP contribution in [0.2, 0.25) is 5.02 Å². The lowest BCUT2D eigenvalue weighted by Gasteiger charge is -2.19. The van der Waals surface area contributed by atoms with Crippen LogP contribution in [0.3, 0.4) is 0 Å². The van der Waals surface area contributed by atoms with Crippen LogP contribution in [0, 0.1) is 0 Å². The Morgan fingerprint density at radius 2 is 1.89 bits per heavy atom. The molecule has 0 saturated heterocycles. The molecule has 0 radical (unpaired) electrons. The van der Waals surface area contributed by atoms with Crippen LogP contribution in [0.1, 0.15) is 23.7 Å². The maximum Gasteiger partial charge on any atom is 0.125 e. The zero-order valence-corrected chi connectivity index (χ0v) is 11.9. The van der Waals surface area contributed by atoms with E-state index in [2.05, 4.69) is 6.07 Å². The number of halogens is 2. The van der Waals surface area contributed by atoms with E-state index in [1.807, 2.05) is 42.5 Å². The Labute approximate surface area is 123 Å². The Morgan fingerprint density at radius 1 is 1.05 bits per heavy atom. The molecule has 3 rings (SSSR count). The first-order chi connectivity index (χ1) is 9.22. The quantitative estimate of drug-likeness (QED) is 0.671. The molecule has 0 unspecified atom stereocenters. The molecular weight excluding hydrogens is 279 g/mol. The number of rotatable bonds is 1. The molecule has 2 aromatic rings. The second-order valence-electron chi connectivity index (χ2n) is 4.81. The fraction of sp³-hybridized carbons (Fsp3) is 0.250. The second-order valence-corrected chi connectivity index (χ2v) is 5.86. The summed E-state index contributed by atoms with van der Waals surface area (Å²) in [6, 6.07) is 15.9. The summed E-state index contributed by atoms with van der Waals surface area (Å²) in [5.41, 5.74) is 2.25. The van der Waals surface area contributed by atoms with E-state index < -0.39 is 0 Å². The molecule has 1 aliphatic rings. The number of ether oxygens (including phenoxy) is 1. The Morgan fingerprint density at radius 3 is 2.74 bits per heavy atom. The van der Waals surface area contributed by atoms with Crippen molar-refractivity contribution in [2.45, 2.75) is 24.3 Å². The standard InChI is InChI=1S/C16H14Cl2O/c17-13-6-3-5-12(8-13)16-10-14(18)9-11-4-1-2-7-15(11)19-16/h1-8,14,16H,9-10H2/t14-,16+/m0/s1. The maximum atomic E-state index is 6.42. The highest BCUT2D eigenvalue weighted by atomic mass is 35.5. The lowest BCUT2D eigenvalue weighted by molar-refractivity contribution is 0.201. The van der Waals surface area contributed by atoms with E-state index in [4.69, 9.17) is 27.9 Å². The van der Waals surface area contributed by atoms with E-state index in [0.29, 0.717) is 0 Å². The van der Waals surface area contributed by atoms with Crippen LogP contribution in [-0.2, 0) is 6.42 Å². The van der Waals surface area contributed by atoms with E-state index >= 15 is 0 Å². The molecule has 2 atom stereocenters. The van der Waals surface area contributed by atoms with Crippen LogP contribution in [0.25, 0.3) is 0 Å². The SMILES string of the molecule is Clc1cccc([C@H]2C[C@@H](Cl)Cc3ccccc3O2)c1. The number of hydrogen-bond acceptors (Lipinski definition) is 1. The molecule has 0 saturated carbocycles. The van der Waals surface area contributed by atoms with Gasteiger partial charge in [0.15, 0.2) is 0 Å². The lowest BCUT2D eigenvalue weighted by atomic mass is 10.0. The van der Waals surface area contributed by atoms with Gasteiger partial charge in [0, 0.05) is 16.8 Å². The van der Waals surface area contributed by atoms with E-state index in [-0.39, 0.29) is 11.5 Å². The van der Waals surface area contributed by atoms with Gasteiger partial charge in [0.1, 0.15) is 11.9 Å². The van der Waals surface area contributed by atoms with E-state index in [9.17, 15) is 0 Å². The monoisotopic (exact) mass is 292 g/mol. The molecule has 1 heterocycles. The number of benzene rings is 2. The molecule has 3 heteroatoms. The highest BCUT2D eigenvalue weighted by Gasteiger charge is 2.24. The van der Waals surface area contributed by atoms with Crippen LogP contribution < -0.4 is 4.74 Å². The first kappa shape index (κ1) is 12.8. The third kappa shape index (κ3) is 2.88. The van der Waals surface area contributed by atoms with E-state index in [1.165, 1.54) is 5.56 Å². The van der Waals surface area contributed by atoms with Gasteiger partial charge in [-0.15, -0.1) is 11.6 Å². The van der Waals surface area contributed by atoms with Crippen molar-refractivity contribution in [1.82, 2.24) is 0 Å². The van der Waals surface area contributed by atoms with Gasteiger partial charge in [-0.3, -0.25) is 0 Å². The molecule has 0 amide bonds. The van der Waals surface area contributed by atoms with Gasteiger partial charge in [0.25, 0.3) is 0 Å². The molecule has 19 heavy (non-hydrogen) atoms. The van der Waals surface area contributed by atoms with Gasteiger partial charge < -0.3 is 4.74 Å². The van der Waals surface area contributed by atoms with E-state index in [0.717, 1.165) is 29.2 Å². The van der Waals surface area contributed by atoms with Crippen molar-refractivity contribution in [1.29, 1.82) is 0 Å². The van der Waals surface area contributed by atoms with Crippen molar-refractivity contribution in [2.75, 3.05) is 0 Å². The molecular formula is C16H14Cl2O. The summed E-state index contributed by atoms with van der Waals surface area (Å²) in [5, 5.41) is 0.803. The lowest BCUT2D eigenvalue weighted by Crippen LogP contribution is -2.11. The van der Waals surface area contributed by atoms with Crippen LogP contribution in [0.4, 0.5) is 0 Å². The van der Waals surface area contributed by atoms with Gasteiger partial charge in [-0.25, -0.2) is 0 Å². The molecule has 0 N–H and O–H groups in total. The number of para-hydroxylation sites is 1. The maximum absolute atomic E-state index is 6.42. The van der Waals surface area contributed by atoms with Crippen molar-refractivity contribution in [2.24, 2.45) is 0 Å². The summed E-state index contributed by atoms with van der Waals surface area (Å²) in [6.07, 6.45) is 1.59. The van der Waals surface area contributed by atoms with Crippen molar-refractivity contribution in [3.63, 3.8) is 0 Å². The second kappa shape index (κ2) is 5.44. The fourth-order valence-electron chi connectivity index (χ4n) is 2.45. The summed E-state index contributed by atoms with van der Waals surface area (Å²) in [7, 11) is 0. The smallest absolute Gasteiger partial charge is 0.125 e. The average molecular weight is 293 g/mol. The Balaban J connectivity index is 1.95. The van der Waals surface area contributed by atoms with Gasteiger partial charge in [-0.05, 0) is 35.7 Å². The van der Waals surface area contributed by atoms with Crippen molar-refractivity contribution in [3.8, 4) is 5.75 Å². The Hall–Kier alpha value is -1.18. The highest BCUT2D eigenvalue weighted by Crippen LogP contribution is 2.35. The molecule has 0 aliphatic carbocycles. The summed E-state index contributed by atoms with van der Waals surface area (Å²) in [5.74, 6) is 0.927. The van der Waals surface area contributed by atoms with Gasteiger partial charge in [-0.2, -0.15) is 0 Å². The van der Waals surface area contributed by atoms with Crippen LogP contribution in [0.5, 0.6) is 5.75 Å². The van der Waals surface area contributed by atoms with E-state index in [1.54, 1.807) is 0 Å². The third-order valence-corrected chi connectivity index (χ3v) is 3.94. The molecule has 1 aliphatic heterocycles. The largest absolute Gasteiger partial charge is 0.485 e. The van der Waals surface area contributed by atoms with Crippen molar-refractivity contribution < 1.29 is 4.74 Å². The zero-order chi connectivity index (χ0) is 13.2. The van der Waals surface area contributed by atoms with Gasteiger partial charge >= 0.3 is 0 Å². The van der Waals surface area contributed by atoms with Crippen LogP contribution >= 0.6 is 23.2 Å². The Bertz CT molecular complexity index is 582. The molecule has 0 bridgehead atoms. The summed E-state index contributed by atoms with van der Waals surface area (Å²) in [4.78, 5) is 0. The first-order valence-corrected chi connectivity index (χ1v) is 7.18. The minimum Gasteiger partial charge on any atom is -0.485 e. The zero-order valence-electron chi connectivity index (χ0n) is 10.4. The third-order valence-electron chi connectivity index (χ3n) is 3.37. The molecule has 2 aromatic carbocycles. The molecule has 0 aromatic heterocycles. The molecule has 0 spiro atoms. The molecule has 1 nitrogen and oxygen atoms in total. The predicted molar refractivity (Wildman–Crippen MR) is 79.2 cm³/mol. The van der Waals surface area contributed by atoms with Crippen molar-refractivity contribution >= 4 is 23.2 Å². The topological polar surface area (TPSA) is 9.23 Å². The van der Waals surface area contributed by atoms with Crippen molar-refractivity contribution in [3.05, 3.63) is 64.7 Å². The highest BCUT2D eigenvalue weighted by molar-refractivity contribution is 6.30. The minimum atomic E-state index is -0.0372. The number of alkyl halides is 1. The minimum absolute atomic E-state index is 0.0372. The van der Waals surface area contributed by atoms with Gasteiger partial charge in [0.05, 0.1) is 0 Å². The van der Waals surface area contributed by atoms with Gasteiger partial charge in [-0.1, -0.05) is 41.9 Å². The van der Waals surface area contributed by atoms with Crippen LogP contribution in [-0.4, -0.2) is 5.38 Å². The fourth-order valence-corrected chi connectivity index (χ4v) is 2.98.